The Hall–Kier alpha value is -0.950. The molecule has 0 spiro atoms. The highest BCUT2D eigenvalue weighted by atomic mass is 32.2. The lowest BCUT2D eigenvalue weighted by molar-refractivity contribution is 0.0834. The fourth-order valence-corrected chi connectivity index (χ4v) is 2.75. The second-order valence-corrected chi connectivity index (χ2v) is 6.58. The molecule has 0 heterocycles. The molecule has 0 aliphatic carbocycles. The first-order valence-electron chi connectivity index (χ1n) is 6.76. The predicted octanol–water partition coefficient (Wildman–Crippen LogP) is 1.83. The van der Waals surface area contributed by atoms with Gasteiger partial charge in [0.2, 0.25) is 10.0 Å². The first-order valence-corrected chi connectivity index (χ1v) is 8.24. The number of ether oxygens (including phenoxy) is 1. The van der Waals surface area contributed by atoms with Gasteiger partial charge in [-0.2, -0.15) is 0 Å². The minimum Gasteiger partial charge on any atom is -0.388 e. The molecular weight excluding hydrogens is 278 g/mol. The van der Waals surface area contributed by atoms with Crippen molar-refractivity contribution in [2.75, 3.05) is 13.2 Å². The third kappa shape index (κ3) is 5.20. The molecule has 5 nitrogen and oxygen atoms in total. The summed E-state index contributed by atoms with van der Waals surface area (Å²) in [7, 11) is -3.56. The average Bonchev–Trinajstić information content (AvgIpc) is 2.42. The smallest absolute Gasteiger partial charge is 0.240 e. The van der Waals surface area contributed by atoms with Crippen LogP contribution in [0.3, 0.4) is 0 Å². The normalized spacial score (nSPS) is 13.7. The summed E-state index contributed by atoms with van der Waals surface area (Å²) in [6, 6.07) is 6.36. The van der Waals surface area contributed by atoms with E-state index in [1.54, 1.807) is 12.1 Å². The van der Waals surface area contributed by atoms with E-state index in [9.17, 15) is 13.5 Å². The summed E-state index contributed by atoms with van der Waals surface area (Å²) in [5.41, 5.74) is 0.605. The molecule has 0 aliphatic rings. The number of rotatable bonds is 8. The van der Waals surface area contributed by atoms with Gasteiger partial charge in [-0.15, -0.1) is 0 Å². The van der Waals surface area contributed by atoms with Crippen molar-refractivity contribution in [2.24, 2.45) is 0 Å². The second-order valence-electron chi connectivity index (χ2n) is 4.81. The largest absolute Gasteiger partial charge is 0.388 e. The fraction of sp³-hybridized carbons (Fsp3) is 0.571. The molecule has 0 saturated heterocycles. The number of hydrogen-bond acceptors (Lipinski definition) is 4. The summed E-state index contributed by atoms with van der Waals surface area (Å²) in [5.74, 6) is 0. The maximum atomic E-state index is 12.1. The number of sulfonamides is 1. The average molecular weight is 301 g/mol. The quantitative estimate of drug-likeness (QED) is 0.718. The Kier molecular flexibility index (Phi) is 6.61. The first-order chi connectivity index (χ1) is 9.36. The van der Waals surface area contributed by atoms with Crippen LogP contribution in [0.2, 0.25) is 0 Å². The Labute approximate surface area is 121 Å². The van der Waals surface area contributed by atoms with E-state index in [1.165, 1.54) is 12.1 Å². The van der Waals surface area contributed by atoms with Crippen molar-refractivity contribution >= 4 is 10.0 Å². The zero-order valence-electron chi connectivity index (χ0n) is 12.2. The molecule has 0 fully saturated rings. The number of hydrogen-bond donors (Lipinski definition) is 2. The number of nitrogens with one attached hydrogen (secondary N) is 1. The van der Waals surface area contributed by atoms with E-state index in [4.69, 9.17) is 4.74 Å². The molecule has 0 saturated carbocycles. The molecule has 0 aliphatic heterocycles. The molecule has 6 heteroatoms. The van der Waals surface area contributed by atoms with Gasteiger partial charge in [0.05, 0.1) is 23.7 Å². The minimum absolute atomic E-state index is 0.0718. The van der Waals surface area contributed by atoms with Gasteiger partial charge in [-0.25, -0.2) is 13.1 Å². The SMILES string of the molecule is CCC(O)c1cccc(S(=O)(=O)NCCOC(C)C)c1. The van der Waals surface area contributed by atoms with Gasteiger partial charge in [0, 0.05) is 6.54 Å². The fourth-order valence-electron chi connectivity index (χ4n) is 1.68. The Morgan fingerprint density at radius 1 is 1.35 bits per heavy atom. The Morgan fingerprint density at radius 2 is 2.05 bits per heavy atom. The molecule has 20 heavy (non-hydrogen) atoms. The van der Waals surface area contributed by atoms with Crippen molar-refractivity contribution in [1.29, 1.82) is 0 Å². The van der Waals surface area contributed by atoms with Gasteiger partial charge < -0.3 is 9.84 Å². The molecule has 0 bridgehead atoms. The summed E-state index contributed by atoms with van der Waals surface area (Å²) in [6.45, 7) is 6.18. The van der Waals surface area contributed by atoms with Gasteiger partial charge in [0.1, 0.15) is 0 Å². The van der Waals surface area contributed by atoms with Crippen molar-refractivity contribution in [2.45, 2.75) is 44.3 Å². The van der Waals surface area contributed by atoms with Crippen LogP contribution < -0.4 is 4.72 Å². The number of aliphatic hydroxyl groups excluding tert-OH is 1. The topological polar surface area (TPSA) is 75.6 Å². The second kappa shape index (κ2) is 7.73. The van der Waals surface area contributed by atoms with E-state index in [1.807, 2.05) is 20.8 Å². The number of aliphatic hydroxyl groups is 1. The molecule has 0 aromatic heterocycles. The highest BCUT2D eigenvalue weighted by molar-refractivity contribution is 7.89. The summed E-state index contributed by atoms with van der Waals surface area (Å²) in [5, 5.41) is 9.76. The van der Waals surface area contributed by atoms with Gasteiger partial charge in [0.15, 0.2) is 0 Å². The van der Waals surface area contributed by atoms with Crippen LogP contribution in [-0.2, 0) is 14.8 Å². The molecule has 0 amide bonds. The molecular formula is C14H23NO4S. The summed E-state index contributed by atoms with van der Waals surface area (Å²) < 4.78 is 31.9. The Bertz CT molecular complexity index is 514. The van der Waals surface area contributed by atoms with Crippen LogP contribution in [-0.4, -0.2) is 32.8 Å². The zero-order valence-corrected chi connectivity index (χ0v) is 13.0. The lowest BCUT2D eigenvalue weighted by Gasteiger charge is -2.12. The molecule has 2 N–H and O–H groups in total. The van der Waals surface area contributed by atoms with Gasteiger partial charge in [-0.1, -0.05) is 19.1 Å². The lowest BCUT2D eigenvalue weighted by atomic mass is 10.1. The zero-order chi connectivity index (χ0) is 15.2. The van der Waals surface area contributed by atoms with Crippen LogP contribution >= 0.6 is 0 Å². The van der Waals surface area contributed by atoms with Crippen LogP contribution in [0.5, 0.6) is 0 Å². The standard InChI is InChI=1S/C14H23NO4S/c1-4-14(16)12-6-5-7-13(10-12)20(17,18)15-8-9-19-11(2)3/h5-7,10-11,14-16H,4,8-9H2,1-3H3. The van der Waals surface area contributed by atoms with Crippen molar-refractivity contribution in [3.05, 3.63) is 29.8 Å². The molecule has 1 aromatic rings. The molecule has 1 unspecified atom stereocenters. The molecule has 1 atom stereocenters. The van der Waals surface area contributed by atoms with Crippen LogP contribution in [0.1, 0.15) is 38.9 Å². The van der Waals surface area contributed by atoms with Crippen LogP contribution in [0, 0.1) is 0 Å². The minimum atomic E-state index is -3.56. The van der Waals surface area contributed by atoms with Gasteiger partial charge in [-0.05, 0) is 38.0 Å². The lowest BCUT2D eigenvalue weighted by Crippen LogP contribution is -2.28. The van der Waals surface area contributed by atoms with E-state index in [2.05, 4.69) is 4.72 Å². The van der Waals surface area contributed by atoms with Gasteiger partial charge in [0.25, 0.3) is 0 Å². The van der Waals surface area contributed by atoms with Crippen molar-refractivity contribution in [1.82, 2.24) is 4.72 Å². The Balaban J connectivity index is 2.72. The Morgan fingerprint density at radius 3 is 2.65 bits per heavy atom. The van der Waals surface area contributed by atoms with E-state index >= 15 is 0 Å². The molecule has 0 radical (unpaired) electrons. The van der Waals surface area contributed by atoms with Crippen molar-refractivity contribution in [3.63, 3.8) is 0 Å². The maximum Gasteiger partial charge on any atom is 0.240 e. The monoisotopic (exact) mass is 301 g/mol. The summed E-state index contributed by atoms with van der Waals surface area (Å²) in [4.78, 5) is 0.159. The molecule has 1 aromatic carbocycles. The third-order valence-electron chi connectivity index (χ3n) is 2.79. The first kappa shape index (κ1) is 17.1. The van der Waals surface area contributed by atoms with Gasteiger partial charge >= 0.3 is 0 Å². The van der Waals surface area contributed by atoms with Crippen LogP contribution in [0.25, 0.3) is 0 Å². The van der Waals surface area contributed by atoms with Crippen LogP contribution in [0.15, 0.2) is 29.2 Å². The highest BCUT2D eigenvalue weighted by Gasteiger charge is 2.15. The molecule has 114 valence electrons. The van der Waals surface area contributed by atoms with E-state index in [0.29, 0.717) is 18.6 Å². The van der Waals surface area contributed by atoms with Crippen molar-refractivity contribution in [3.8, 4) is 0 Å². The highest BCUT2D eigenvalue weighted by Crippen LogP contribution is 2.19. The number of benzene rings is 1. The maximum absolute atomic E-state index is 12.1. The predicted molar refractivity (Wildman–Crippen MR) is 78.0 cm³/mol. The third-order valence-corrected chi connectivity index (χ3v) is 4.24. The van der Waals surface area contributed by atoms with E-state index in [-0.39, 0.29) is 17.5 Å². The summed E-state index contributed by atoms with van der Waals surface area (Å²) >= 11 is 0. The van der Waals surface area contributed by atoms with Crippen LogP contribution in [0.4, 0.5) is 0 Å². The van der Waals surface area contributed by atoms with E-state index < -0.39 is 16.1 Å². The van der Waals surface area contributed by atoms with Gasteiger partial charge in [-0.3, -0.25) is 0 Å². The van der Waals surface area contributed by atoms with Crippen molar-refractivity contribution < 1.29 is 18.3 Å². The molecule has 1 rings (SSSR count). The van der Waals surface area contributed by atoms with E-state index in [0.717, 1.165) is 0 Å². The summed E-state index contributed by atoms with van der Waals surface area (Å²) in [6.07, 6.45) is -0.0314.